The molecule has 2 aliphatic rings. The van der Waals surface area contributed by atoms with Crippen molar-refractivity contribution in [3.05, 3.63) is 0 Å². The minimum Gasteiger partial charge on any atom is -0.383 e. The van der Waals surface area contributed by atoms with Crippen molar-refractivity contribution in [2.45, 2.75) is 49.1 Å². The van der Waals surface area contributed by atoms with Crippen LogP contribution in [0.3, 0.4) is 0 Å². The van der Waals surface area contributed by atoms with Crippen LogP contribution in [-0.2, 0) is 9.47 Å². The molecule has 2 fully saturated rings. The maximum absolute atomic E-state index is 6.01. The molecular formula is C10H22O2Si2. The molecule has 0 aromatic carbocycles. The Hall–Kier alpha value is 0.354. The minimum absolute atomic E-state index is 0.159. The van der Waals surface area contributed by atoms with Crippen LogP contribution in [0.15, 0.2) is 0 Å². The molecule has 2 atom stereocenters. The molecule has 0 spiro atoms. The number of rotatable bonds is 2. The van der Waals surface area contributed by atoms with Crippen molar-refractivity contribution in [3.8, 4) is 0 Å². The molecule has 0 radical (unpaired) electrons. The molecule has 2 aliphatic heterocycles. The van der Waals surface area contributed by atoms with E-state index in [1.165, 1.54) is 48.8 Å². The highest BCUT2D eigenvalue weighted by atomic mass is 28.2. The smallest absolute Gasteiger partial charge is 0.0884 e. The summed E-state index contributed by atoms with van der Waals surface area (Å²) in [6.07, 6.45) is 7.99. The van der Waals surface area contributed by atoms with E-state index < -0.39 is 0 Å². The Morgan fingerprint density at radius 1 is 1.14 bits per heavy atom. The van der Waals surface area contributed by atoms with Crippen LogP contribution in [0.5, 0.6) is 0 Å². The molecule has 0 amide bonds. The summed E-state index contributed by atoms with van der Waals surface area (Å²) < 4.78 is 11.9. The van der Waals surface area contributed by atoms with E-state index in [1.807, 2.05) is 0 Å². The van der Waals surface area contributed by atoms with Crippen LogP contribution in [0.1, 0.15) is 38.5 Å². The second kappa shape index (κ2) is 4.92. The lowest BCUT2D eigenvalue weighted by Crippen LogP contribution is -2.49. The Morgan fingerprint density at radius 2 is 2.00 bits per heavy atom. The molecule has 2 unspecified atom stereocenters. The van der Waals surface area contributed by atoms with Gasteiger partial charge in [0.1, 0.15) is 0 Å². The Labute approximate surface area is 92.0 Å². The first-order valence-electron chi connectivity index (χ1n) is 6.04. The number of hydrogen-bond acceptors (Lipinski definition) is 2. The van der Waals surface area contributed by atoms with E-state index in [9.17, 15) is 0 Å². The average Bonchev–Trinajstić information content (AvgIpc) is 2.19. The average molecular weight is 230 g/mol. The van der Waals surface area contributed by atoms with Gasteiger partial charge in [-0.05, 0) is 38.5 Å². The van der Waals surface area contributed by atoms with E-state index in [4.69, 9.17) is 9.47 Å². The largest absolute Gasteiger partial charge is 0.383 e. The van der Waals surface area contributed by atoms with Crippen LogP contribution >= 0.6 is 0 Å². The van der Waals surface area contributed by atoms with Gasteiger partial charge in [-0.1, -0.05) is 0 Å². The second-order valence-corrected chi connectivity index (χ2v) is 11.0. The van der Waals surface area contributed by atoms with Crippen molar-refractivity contribution in [2.75, 3.05) is 13.2 Å². The molecule has 2 heterocycles. The van der Waals surface area contributed by atoms with Crippen molar-refractivity contribution < 1.29 is 9.47 Å². The standard InChI is InChI=1S/C10H22O2Si2/c13-10(6-2-4-8-12-10)14-9-5-1-3-7-11-9/h9H,1-8,14H2,13H3. The van der Waals surface area contributed by atoms with Crippen LogP contribution in [0.4, 0.5) is 0 Å². The lowest BCUT2D eigenvalue weighted by atomic mass is 10.2. The highest BCUT2D eigenvalue weighted by molar-refractivity contribution is 6.54. The molecule has 2 saturated heterocycles. The zero-order chi connectivity index (χ0) is 9.86. The molecule has 2 rings (SSSR count). The Balaban J connectivity index is 1.81. The van der Waals surface area contributed by atoms with Crippen molar-refractivity contribution in [1.82, 2.24) is 0 Å². The van der Waals surface area contributed by atoms with Crippen LogP contribution in [-0.4, -0.2) is 43.6 Å². The van der Waals surface area contributed by atoms with Crippen molar-refractivity contribution in [2.24, 2.45) is 0 Å². The zero-order valence-electron chi connectivity index (χ0n) is 9.26. The summed E-state index contributed by atoms with van der Waals surface area (Å²) in [5, 5.41) is 0. The monoisotopic (exact) mass is 230 g/mol. The summed E-state index contributed by atoms with van der Waals surface area (Å²) in [5.74, 6) is 0. The maximum atomic E-state index is 6.01. The molecule has 14 heavy (non-hydrogen) atoms. The Morgan fingerprint density at radius 3 is 2.64 bits per heavy atom. The van der Waals surface area contributed by atoms with Crippen LogP contribution in [0.25, 0.3) is 0 Å². The van der Waals surface area contributed by atoms with Crippen LogP contribution in [0, 0.1) is 0 Å². The lowest BCUT2D eigenvalue weighted by Gasteiger charge is -2.37. The van der Waals surface area contributed by atoms with Crippen molar-refractivity contribution >= 4 is 19.8 Å². The minimum atomic E-state index is -0.159. The van der Waals surface area contributed by atoms with E-state index >= 15 is 0 Å². The van der Waals surface area contributed by atoms with Gasteiger partial charge in [-0.25, -0.2) is 0 Å². The van der Waals surface area contributed by atoms with Crippen LogP contribution < -0.4 is 0 Å². The third kappa shape index (κ3) is 2.92. The second-order valence-electron chi connectivity index (χ2n) is 4.95. The van der Waals surface area contributed by atoms with Gasteiger partial charge in [-0.3, -0.25) is 0 Å². The highest BCUT2D eigenvalue weighted by Crippen LogP contribution is 2.24. The molecule has 0 bridgehead atoms. The molecule has 4 heteroatoms. The van der Waals surface area contributed by atoms with Gasteiger partial charge in [0.15, 0.2) is 0 Å². The van der Waals surface area contributed by atoms with Crippen molar-refractivity contribution in [3.63, 3.8) is 0 Å². The zero-order valence-corrected chi connectivity index (χ0v) is 12.7. The summed E-state index contributed by atoms with van der Waals surface area (Å²) in [7, 11) is 1.06. The molecule has 0 aromatic heterocycles. The quantitative estimate of drug-likeness (QED) is 0.617. The molecular weight excluding hydrogens is 208 g/mol. The fourth-order valence-corrected chi connectivity index (χ4v) is 6.98. The molecule has 0 aromatic rings. The molecule has 0 aliphatic carbocycles. The van der Waals surface area contributed by atoms with Gasteiger partial charge in [0.2, 0.25) is 0 Å². The van der Waals surface area contributed by atoms with Gasteiger partial charge >= 0.3 is 0 Å². The first-order valence-corrected chi connectivity index (χ1v) is 8.56. The van der Waals surface area contributed by atoms with Gasteiger partial charge in [-0.2, -0.15) is 0 Å². The van der Waals surface area contributed by atoms with E-state index in [2.05, 4.69) is 0 Å². The van der Waals surface area contributed by atoms with E-state index in [-0.39, 0.29) is 9.52 Å². The van der Waals surface area contributed by atoms with Crippen LogP contribution in [0.2, 0.25) is 0 Å². The summed E-state index contributed by atoms with van der Waals surface area (Å²) in [5.41, 5.74) is 0.638. The van der Waals surface area contributed by atoms with E-state index in [0.717, 1.165) is 13.2 Å². The summed E-state index contributed by atoms with van der Waals surface area (Å²) >= 11 is 0. The summed E-state index contributed by atoms with van der Waals surface area (Å²) in [6, 6.07) is 0. The normalized spacial score (nSPS) is 40.7. The molecule has 0 saturated carbocycles. The third-order valence-electron chi connectivity index (χ3n) is 3.48. The van der Waals surface area contributed by atoms with Gasteiger partial charge in [0.25, 0.3) is 0 Å². The molecule has 82 valence electrons. The van der Waals surface area contributed by atoms with Gasteiger partial charge in [0.05, 0.1) is 9.52 Å². The fraction of sp³-hybridized carbons (Fsp3) is 1.00. The summed E-state index contributed by atoms with van der Waals surface area (Å²) in [6.45, 7) is 2.03. The predicted octanol–water partition coefficient (Wildman–Crippen LogP) is -0.0985. The van der Waals surface area contributed by atoms with Gasteiger partial charge in [-0.15, -0.1) is 0 Å². The topological polar surface area (TPSA) is 18.5 Å². The van der Waals surface area contributed by atoms with Gasteiger partial charge in [0, 0.05) is 34.0 Å². The fourth-order valence-electron chi connectivity index (χ4n) is 2.60. The highest BCUT2D eigenvalue weighted by Gasteiger charge is 2.32. The van der Waals surface area contributed by atoms with Crippen molar-refractivity contribution in [1.29, 1.82) is 0 Å². The molecule has 0 N–H and O–H groups in total. The Kier molecular flexibility index (Phi) is 3.82. The summed E-state index contributed by atoms with van der Waals surface area (Å²) in [4.78, 5) is 0.389. The van der Waals surface area contributed by atoms with E-state index in [0.29, 0.717) is 10.6 Å². The first-order chi connectivity index (χ1) is 6.79. The maximum Gasteiger partial charge on any atom is 0.0884 e. The number of hydrogen-bond donors (Lipinski definition) is 0. The molecule has 2 nitrogen and oxygen atoms in total. The Bertz CT molecular complexity index is 175. The number of ether oxygens (including phenoxy) is 2. The first kappa shape index (κ1) is 10.9. The SMILES string of the molecule is [SiH3]C1([SiH2]C2CCCCO2)CCCCO1. The third-order valence-corrected chi connectivity index (χ3v) is 8.02. The lowest BCUT2D eigenvalue weighted by molar-refractivity contribution is 0.0187. The predicted molar refractivity (Wildman–Crippen MR) is 64.6 cm³/mol. The van der Waals surface area contributed by atoms with E-state index in [1.54, 1.807) is 0 Å². The van der Waals surface area contributed by atoms with Gasteiger partial charge < -0.3 is 9.47 Å².